The largest absolute Gasteiger partial charge is 0.371 e. The number of halogens is 1. The number of nitrogens with two attached hydrogens (primary N) is 1. The first-order valence-electron chi connectivity index (χ1n) is 7.90. The quantitative estimate of drug-likeness (QED) is 0.853. The molecule has 1 spiro atoms. The monoisotopic (exact) mass is 336 g/mol. The molecule has 0 radical (unpaired) electrons. The van der Waals surface area contributed by atoms with E-state index < -0.39 is 0 Å². The molecule has 1 saturated heterocycles. The molecule has 110 valence electrons. The fraction of sp³-hybridized carbons (Fsp3) is 0.647. The van der Waals surface area contributed by atoms with Crippen LogP contribution in [0.2, 0.25) is 0 Å². The molecular formula is C17H25BrN2. The van der Waals surface area contributed by atoms with Crippen molar-refractivity contribution in [3.63, 3.8) is 0 Å². The van der Waals surface area contributed by atoms with Crippen molar-refractivity contribution in [3.05, 3.63) is 28.2 Å². The molecule has 1 heterocycles. The van der Waals surface area contributed by atoms with Crippen LogP contribution in [-0.4, -0.2) is 13.1 Å². The average Bonchev–Trinajstić information content (AvgIpc) is 2.88. The van der Waals surface area contributed by atoms with Gasteiger partial charge in [0.25, 0.3) is 0 Å². The summed E-state index contributed by atoms with van der Waals surface area (Å²) in [6.07, 6.45) is 8.57. The number of piperidine rings is 1. The van der Waals surface area contributed by atoms with Gasteiger partial charge in [0.05, 0.1) is 5.69 Å². The summed E-state index contributed by atoms with van der Waals surface area (Å²) in [6, 6.07) is 6.68. The van der Waals surface area contributed by atoms with Crippen molar-refractivity contribution in [2.75, 3.05) is 18.0 Å². The van der Waals surface area contributed by atoms with E-state index in [4.69, 9.17) is 5.73 Å². The van der Waals surface area contributed by atoms with E-state index in [1.807, 2.05) is 6.92 Å². The second-order valence-electron chi connectivity index (χ2n) is 6.69. The molecule has 20 heavy (non-hydrogen) atoms. The standard InChI is InChI=1S/C17H25BrN2/c1-13(19)14-4-5-16(15(18)12-14)20-10-8-17(9-11-20)6-2-3-7-17/h4-5,12-13H,2-3,6-11,19H2,1H3/t13-/m0/s1. The minimum Gasteiger partial charge on any atom is -0.371 e. The molecule has 1 saturated carbocycles. The molecule has 3 rings (SSSR count). The third-order valence-corrected chi connectivity index (χ3v) is 5.96. The molecule has 1 aliphatic carbocycles. The normalized spacial score (nSPS) is 23.2. The Morgan fingerprint density at radius 1 is 1.15 bits per heavy atom. The van der Waals surface area contributed by atoms with Crippen LogP contribution in [0.5, 0.6) is 0 Å². The van der Waals surface area contributed by atoms with Crippen LogP contribution < -0.4 is 10.6 Å². The first kappa shape index (κ1) is 14.4. The second kappa shape index (κ2) is 5.69. The fourth-order valence-corrected chi connectivity index (χ4v) is 4.56. The van der Waals surface area contributed by atoms with Crippen LogP contribution in [0.1, 0.15) is 57.1 Å². The number of anilines is 1. The maximum absolute atomic E-state index is 5.96. The molecule has 2 N–H and O–H groups in total. The third-order valence-electron chi connectivity index (χ3n) is 5.33. The number of nitrogens with zero attached hydrogens (tertiary/aromatic N) is 1. The van der Waals surface area contributed by atoms with E-state index in [-0.39, 0.29) is 6.04 Å². The Bertz CT molecular complexity index is 468. The average molecular weight is 337 g/mol. The predicted octanol–water partition coefficient (Wildman–Crippen LogP) is 4.63. The molecule has 0 bridgehead atoms. The van der Waals surface area contributed by atoms with Gasteiger partial charge in [-0.2, -0.15) is 0 Å². The molecular weight excluding hydrogens is 312 g/mol. The van der Waals surface area contributed by atoms with Gasteiger partial charge in [-0.3, -0.25) is 0 Å². The zero-order valence-electron chi connectivity index (χ0n) is 12.4. The van der Waals surface area contributed by atoms with Crippen molar-refractivity contribution in [2.45, 2.75) is 51.5 Å². The van der Waals surface area contributed by atoms with Crippen LogP contribution in [0.4, 0.5) is 5.69 Å². The lowest BCUT2D eigenvalue weighted by atomic mass is 9.77. The first-order chi connectivity index (χ1) is 9.60. The SMILES string of the molecule is C[C@H](N)c1ccc(N2CCC3(CCCC3)CC2)c(Br)c1. The summed E-state index contributed by atoms with van der Waals surface area (Å²) in [5.74, 6) is 0. The first-order valence-corrected chi connectivity index (χ1v) is 8.69. The highest BCUT2D eigenvalue weighted by Crippen LogP contribution is 2.47. The molecule has 2 nitrogen and oxygen atoms in total. The van der Waals surface area contributed by atoms with E-state index in [1.54, 1.807) is 0 Å². The van der Waals surface area contributed by atoms with Gasteiger partial charge in [0.1, 0.15) is 0 Å². The maximum Gasteiger partial charge on any atom is 0.0510 e. The van der Waals surface area contributed by atoms with E-state index in [0.717, 1.165) is 0 Å². The van der Waals surface area contributed by atoms with Crippen LogP contribution in [0, 0.1) is 5.41 Å². The molecule has 2 fully saturated rings. The summed E-state index contributed by atoms with van der Waals surface area (Å²) in [7, 11) is 0. The summed E-state index contributed by atoms with van der Waals surface area (Å²) >= 11 is 3.73. The molecule has 1 aromatic rings. The summed E-state index contributed by atoms with van der Waals surface area (Å²) in [5.41, 5.74) is 9.18. The van der Waals surface area contributed by atoms with E-state index in [0.29, 0.717) is 5.41 Å². The van der Waals surface area contributed by atoms with Crippen molar-refractivity contribution < 1.29 is 0 Å². The smallest absolute Gasteiger partial charge is 0.0510 e. The van der Waals surface area contributed by atoms with Crippen LogP contribution in [-0.2, 0) is 0 Å². The lowest BCUT2D eigenvalue weighted by Gasteiger charge is -2.41. The zero-order valence-corrected chi connectivity index (χ0v) is 14.0. The highest BCUT2D eigenvalue weighted by Gasteiger charge is 2.37. The molecule has 0 amide bonds. The summed E-state index contributed by atoms with van der Waals surface area (Å²) in [4.78, 5) is 2.54. The number of hydrogen-bond donors (Lipinski definition) is 1. The van der Waals surface area contributed by atoms with Crippen LogP contribution >= 0.6 is 15.9 Å². The molecule has 1 aromatic carbocycles. The van der Waals surface area contributed by atoms with Crippen molar-refractivity contribution in [1.82, 2.24) is 0 Å². The lowest BCUT2D eigenvalue weighted by molar-refractivity contribution is 0.226. The van der Waals surface area contributed by atoms with Gasteiger partial charge < -0.3 is 10.6 Å². The van der Waals surface area contributed by atoms with Gasteiger partial charge in [-0.05, 0) is 71.6 Å². The van der Waals surface area contributed by atoms with Gasteiger partial charge in [0.15, 0.2) is 0 Å². The van der Waals surface area contributed by atoms with Gasteiger partial charge >= 0.3 is 0 Å². The molecule has 1 atom stereocenters. The Kier molecular flexibility index (Phi) is 4.09. The molecule has 1 aliphatic heterocycles. The van der Waals surface area contributed by atoms with E-state index >= 15 is 0 Å². The summed E-state index contributed by atoms with van der Waals surface area (Å²) in [5, 5.41) is 0. The van der Waals surface area contributed by atoms with Crippen molar-refractivity contribution in [3.8, 4) is 0 Å². The van der Waals surface area contributed by atoms with Crippen LogP contribution in [0.15, 0.2) is 22.7 Å². The Balaban J connectivity index is 1.71. The van der Waals surface area contributed by atoms with Crippen molar-refractivity contribution in [1.29, 1.82) is 0 Å². The molecule has 0 aromatic heterocycles. The number of rotatable bonds is 2. The van der Waals surface area contributed by atoms with Crippen molar-refractivity contribution in [2.24, 2.45) is 11.1 Å². The predicted molar refractivity (Wildman–Crippen MR) is 89.1 cm³/mol. The van der Waals surface area contributed by atoms with Gasteiger partial charge in [0.2, 0.25) is 0 Å². The minimum atomic E-state index is 0.100. The van der Waals surface area contributed by atoms with E-state index in [2.05, 4.69) is 39.0 Å². The summed E-state index contributed by atoms with van der Waals surface area (Å²) < 4.78 is 1.19. The van der Waals surface area contributed by atoms with Crippen molar-refractivity contribution >= 4 is 21.6 Å². The van der Waals surface area contributed by atoms with Gasteiger partial charge in [-0.25, -0.2) is 0 Å². The topological polar surface area (TPSA) is 29.3 Å². The Morgan fingerprint density at radius 2 is 1.80 bits per heavy atom. The molecule has 2 aliphatic rings. The Hall–Kier alpha value is -0.540. The zero-order chi connectivity index (χ0) is 14.2. The van der Waals surface area contributed by atoms with Gasteiger partial charge in [-0.1, -0.05) is 18.9 Å². The Labute approximate surface area is 130 Å². The van der Waals surface area contributed by atoms with Gasteiger partial charge in [0, 0.05) is 23.6 Å². The second-order valence-corrected chi connectivity index (χ2v) is 7.55. The van der Waals surface area contributed by atoms with Crippen LogP contribution in [0.25, 0.3) is 0 Å². The van der Waals surface area contributed by atoms with Gasteiger partial charge in [-0.15, -0.1) is 0 Å². The summed E-state index contributed by atoms with van der Waals surface area (Å²) in [6.45, 7) is 4.44. The molecule has 0 unspecified atom stereocenters. The van der Waals surface area contributed by atoms with Crippen LogP contribution in [0.3, 0.4) is 0 Å². The lowest BCUT2D eigenvalue weighted by Crippen LogP contribution is -2.39. The highest BCUT2D eigenvalue weighted by molar-refractivity contribution is 9.10. The van der Waals surface area contributed by atoms with E-state index in [9.17, 15) is 0 Å². The molecule has 3 heteroatoms. The highest BCUT2D eigenvalue weighted by atomic mass is 79.9. The van der Waals surface area contributed by atoms with E-state index in [1.165, 1.54) is 67.3 Å². The third kappa shape index (κ3) is 2.75. The maximum atomic E-state index is 5.96. The number of hydrogen-bond acceptors (Lipinski definition) is 2. The fourth-order valence-electron chi connectivity index (χ4n) is 3.91. The number of benzene rings is 1. The Morgan fingerprint density at radius 3 is 2.35 bits per heavy atom. The minimum absolute atomic E-state index is 0.100.